The van der Waals surface area contributed by atoms with Crippen molar-refractivity contribution in [1.82, 2.24) is 19.9 Å². The molecule has 5 heterocycles. The summed E-state index contributed by atoms with van der Waals surface area (Å²) in [5.41, 5.74) is 28.9. The molecule has 4 aromatic carbocycles. The lowest BCUT2D eigenvalue weighted by Crippen LogP contribution is -1.93. The number of aryl methyl sites for hydroxylation is 4. The summed E-state index contributed by atoms with van der Waals surface area (Å²) in [4.78, 5) is 20.5. The van der Waals surface area contributed by atoms with Crippen LogP contribution in [0.3, 0.4) is 0 Å². The van der Waals surface area contributed by atoms with E-state index in [-0.39, 0.29) is 0 Å². The molecule has 2 aliphatic heterocycles. The van der Waals surface area contributed by atoms with Crippen molar-refractivity contribution in [3.8, 4) is 44.5 Å². The maximum atomic E-state index is 6.01. The minimum atomic E-state index is 0.864. The average Bonchev–Trinajstić information content (AvgIpc) is 4.10. The number of nitrogens with one attached hydrogen (secondary N) is 2. The third kappa shape index (κ3) is 6.99. The van der Waals surface area contributed by atoms with Crippen LogP contribution in [0, 0.1) is 0 Å². The van der Waals surface area contributed by atoms with E-state index in [9.17, 15) is 0 Å². The van der Waals surface area contributed by atoms with E-state index in [0.29, 0.717) is 0 Å². The molecule has 0 radical (unpaired) electrons. The highest BCUT2D eigenvalue weighted by Crippen LogP contribution is 2.49. The first-order valence-corrected chi connectivity index (χ1v) is 24.0. The fourth-order valence-electron chi connectivity index (χ4n) is 11.0. The molecule has 3 aromatic heterocycles. The molecule has 0 saturated heterocycles. The Labute approximate surface area is 380 Å². The fraction of sp³-hybridized carbons (Fsp3) is 0.267. The molecule has 322 valence electrons. The van der Waals surface area contributed by atoms with Gasteiger partial charge in [0.05, 0.1) is 44.8 Å². The molecule has 0 atom stereocenters. The Morgan fingerprint density at radius 3 is 0.656 bits per heavy atom. The number of fused-ring (bicyclic) bond motifs is 8. The van der Waals surface area contributed by atoms with Crippen molar-refractivity contribution in [2.24, 2.45) is 0 Å². The molecular formula is C60H62N4. The van der Waals surface area contributed by atoms with Gasteiger partial charge in [-0.1, -0.05) is 177 Å². The molecule has 0 aliphatic carbocycles. The lowest BCUT2D eigenvalue weighted by molar-refractivity contribution is 1.07. The topological polar surface area (TPSA) is 57.4 Å². The van der Waals surface area contributed by atoms with Gasteiger partial charge in [-0.05, 0) is 118 Å². The number of benzene rings is 4. The van der Waals surface area contributed by atoms with Crippen molar-refractivity contribution in [1.29, 1.82) is 0 Å². The van der Waals surface area contributed by atoms with E-state index in [1.165, 1.54) is 89.1 Å². The summed E-state index contributed by atoms with van der Waals surface area (Å²) in [5, 5.41) is 0. The van der Waals surface area contributed by atoms with Gasteiger partial charge in [0.25, 0.3) is 0 Å². The zero-order valence-corrected chi connectivity index (χ0v) is 39.1. The molecule has 4 nitrogen and oxygen atoms in total. The zero-order valence-electron chi connectivity index (χ0n) is 39.1. The zero-order chi connectivity index (χ0) is 44.5. The van der Waals surface area contributed by atoms with Crippen LogP contribution >= 0.6 is 0 Å². The van der Waals surface area contributed by atoms with Gasteiger partial charge in [-0.25, -0.2) is 9.97 Å². The predicted octanol–water partition coefficient (Wildman–Crippen LogP) is 16.7. The number of H-pyrrole nitrogens is 2. The van der Waals surface area contributed by atoms with Gasteiger partial charge in [0.1, 0.15) is 0 Å². The maximum Gasteiger partial charge on any atom is 0.0772 e. The Morgan fingerprint density at radius 2 is 0.484 bits per heavy atom. The molecule has 2 aliphatic rings. The summed E-state index contributed by atoms with van der Waals surface area (Å²) < 4.78 is 0. The standard InChI is InChI=1S/C60H62N4/c1-9-41-42(10-2)54-50(38-31-23-18-24-32-38)56-45(13-5)46(14-6)58(63-56)52(40-35-27-20-28-36-40)60-48(16-8)47(15-7)59(64-60)51(39-33-25-19-26-34-39)57-44(12-4)43(11-3)55(62-57)49(53(41)61-54)37-29-21-17-22-30-37/h17-36,61,64H,9-16H2,1-8H3. The van der Waals surface area contributed by atoms with Crippen LogP contribution in [0.1, 0.15) is 126 Å². The van der Waals surface area contributed by atoms with Crippen molar-refractivity contribution in [3.05, 3.63) is 166 Å². The Hall–Kier alpha value is -6.52. The van der Waals surface area contributed by atoms with Crippen LogP contribution in [-0.4, -0.2) is 19.9 Å². The first kappa shape index (κ1) is 42.8. The van der Waals surface area contributed by atoms with Gasteiger partial charge >= 0.3 is 0 Å². The molecule has 0 unspecified atom stereocenters. The SMILES string of the molecule is CCC1=C(CC)c2nc1c(-c1ccccc1)c1[nH]c(c(CC)c1CC)c(-c1ccccc1)c1nc(c(-c3ccccc3)c3[nH]c(c(CC)c3CC)c2-c2ccccc2)C(CC)=C1CC. The Balaban J connectivity index is 1.70. The number of hydrogen-bond donors (Lipinski definition) is 2. The summed E-state index contributed by atoms with van der Waals surface area (Å²) in [6.45, 7) is 18.5. The molecule has 0 saturated carbocycles. The van der Waals surface area contributed by atoms with E-state index in [0.717, 1.165) is 96.2 Å². The van der Waals surface area contributed by atoms with E-state index in [1.54, 1.807) is 0 Å². The average molecular weight is 839 g/mol. The number of aromatic nitrogens is 4. The maximum absolute atomic E-state index is 6.01. The van der Waals surface area contributed by atoms with E-state index in [4.69, 9.17) is 9.97 Å². The fourth-order valence-corrected chi connectivity index (χ4v) is 11.0. The summed E-state index contributed by atoms with van der Waals surface area (Å²) in [7, 11) is 0. The van der Waals surface area contributed by atoms with Crippen LogP contribution in [0.25, 0.3) is 88.9 Å². The van der Waals surface area contributed by atoms with E-state index in [2.05, 4.69) is 187 Å². The quantitative estimate of drug-likeness (QED) is 0.129. The molecule has 9 rings (SSSR count). The smallest absolute Gasteiger partial charge is 0.0772 e. The summed E-state index contributed by atoms with van der Waals surface area (Å²) in [6, 6.07) is 44.1. The van der Waals surface area contributed by atoms with Crippen molar-refractivity contribution in [2.45, 2.75) is 107 Å². The summed E-state index contributed by atoms with van der Waals surface area (Å²) >= 11 is 0. The van der Waals surface area contributed by atoms with Crippen molar-refractivity contribution >= 4 is 44.4 Å². The molecule has 7 aromatic rings. The molecule has 0 amide bonds. The van der Waals surface area contributed by atoms with Gasteiger partial charge in [-0.15, -0.1) is 0 Å². The van der Waals surface area contributed by atoms with Crippen molar-refractivity contribution < 1.29 is 0 Å². The lowest BCUT2D eigenvalue weighted by Gasteiger charge is -2.11. The van der Waals surface area contributed by atoms with Gasteiger partial charge in [-0.3, -0.25) is 0 Å². The predicted molar refractivity (Wildman–Crippen MR) is 275 cm³/mol. The number of allylic oxidation sites excluding steroid dienone is 4. The van der Waals surface area contributed by atoms with Gasteiger partial charge in [-0.2, -0.15) is 0 Å². The van der Waals surface area contributed by atoms with Crippen molar-refractivity contribution in [3.63, 3.8) is 0 Å². The lowest BCUT2D eigenvalue weighted by atomic mass is 9.90. The van der Waals surface area contributed by atoms with Crippen LogP contribution in [-0.2, 0) is 25.7 Å². The van der Waals surface area contributed by atoms with Crippen LogP contribution in [0.15, 0.2) is 121 Å². The first-order valence-electron chi connectivity index (χ1n) is 24.0. The normalized spacial score (nSPS) is 12.8. The second-order valence-corrected chi connectivity index (χ2v) is 17.0. The molecule has 64 heavy (non-hydrogen) atoms. The van der Waals surface area contributed by atoms with Gasteiger partial charge in [0, 0.05) is 22.3 Å². The summed E-state index contributed by atoms with van der Waals surface area (Å²) in [5.74, 6) is 0. The molecule has 0 spiro atoms. The monoisotopic (exact) mass is 838 g/mol. The second-order valence-electron chi connectivity index (χ2n) is 17.0. The van der Waals surface area contributed by atoms with Crippen LogP contribution in [0.2, 0.25) is 0 Å². The number of rotatable bonds is 12. The van der Waals surface area contributed by atoms with Gasteiger partial charge in [0.15, 0.2) is 0 Å². The Bertz CT molecular complexity index is 2680. The van der Waals surface area contributed by atoms with Crippen LogP contribution in [0.4, 0.5) is 0 Å². The summed E-state index contributed by atoms with van der Waals surface area (Å²) in [6.07, 6.45) is 6.96. The van der Waals surface area contributed by atoms with Gasteiger partial charge < -0.3 is 9.97 Å². The van der Waals surface area contributed by atoms with Crippen LogP contribution < -0.4 is 0 Å². The Kier molecular flexibility index (Phi) is 12.2. The largest absolute Gasteiger partial charge is 0.354 e. The molecule has 4 heteroatoms. The minimum absolute atomic E-state index is 0.864. The van der Waals surface area contributed by atoms with Crippen molar-refractivity contribution in [2.75, 3.05) is 0 Å². The second kappa shape index (κ2) is 18.3. The van der Waals surface area contributed by atoms with E-state index in [1.807, 2.05) is 0 Å². The highest BCUT2D eigenvalue weighted by Gasteiger charge is 2.31. The van der Waals surface area contributed by atoms with Gasteiger partial charge in [0.2, 0.25) is 0 Å². The minimum Gasteiger partial charge on any atom is -0.354 e. The number of aromatic amines is 2. The molecule has 8 bridgehead atoms. The highest BCUT2D eigenvalue weighted by molar-refractivity contribution is 6.09. The number of nitrogens with zero attached hydrogens (tertiary/aromatic N) is 2. The molecule has 0 fully saturated rings. The van der Waals surface area contributed by atoms with E-state index < -0.39 is 0 Å². The van der Waals surface area contributed by atoms with Crippen LogP contribution in [0.5, 0.6) is 0 Å². The number of hydrogen-bond acceptors (Lipinski definition) is 2. The van der Waals surface area contributed by atoms with E-state index >= 15 is 0 Å². The third-order valence-electron chi connectivity index (χ3n) is 13.8. The first-order chi connectivity index (χ1) is 31.5. The molecule has 2 N–H and O–H groups in total. The molecular weight excluding hydrogens is 777 g/mol. The highest BCUT2D eigenvalue weighted by atomic mass is 14.8. The Morgan fingerprint density at radius 1 is 0.281 bits per heavy atom. The third-order valence-corrected chi connectivity index (χ3v) is 13.8.